The van der Waals surface area contributed by atoms with Gasteiger partial charge in [0.15, 0.2) is 34.6 Å². The third kappa shape index (κ3) is 27.8. The van der Waals surface area contributed by atoms with Crippen LogP contribution in [-0.4, -0.2) is 38.0 Å². The normalized spacial score (nSPS) is 11.9. The Labute approximate surface area is 539 Å². The summed E-state index contributed by atoms with van der Waals surface area (Å²) in [4.78, 5) is 31.7. The van der Waals surface area contributed by atoms with Crippen molar-refractivity contribution in [3.8, 4) is 34.5 Å². The molecule has 4 aromatic carbocycles. The van der Waals surface area contributed by atoms with Gasteiger partial charge in [0.25, 0.3) is 0 Å². The van der Waals surface area contributed by atoms with Crippen molar-refractivity contribution >= 4 is 43.4 Å². The fourth-order valence-electron chi connectivity index (χ4n) is 11.6. The molecule has 86 heavy (non-hydrogen) atoms. The summed E-state index contributed by atoms with van der Waals surface area (Å²) in [5, 5.41) is 0. The molecule has 0 atom stereocenters. The van der Waals surface area contributed by atoms with E-state index >= 15 is 9.59 Å². The minimum atomic E-state index is -0.357. The molecule has 1 aliphatic carbocycles. The van der Waals surface area contributed by atoms with Crippen LogP contribution in [0.1, 0.15) is 327 Å². The lowest BCUT2D eigenvalue weighted by Crippen LogP contribution is -2.25. The number of hydrogen-bond donors (Lipinski definition) is 0. The molecular weight excluding hydrogens is 1200 g/mol. The van der Waals surface area contributed by atoms with Gasteiger partial charge in [-0.25, -0.2) is 0 Å². The van der Waals surface area contributed by atoms with Crippen LogP contribution in [0.15, 0.2) is 69.6 Å². The molecule has 0 unspecified atom stereocenters. The molecule has 0 heterocycles. The van der Waals surface area contributed by atoms with Gasteiger partial charge in [0, 0.05) is 20.1 Å². The van der Waals surface area contributed by atoms with Crippen LogP contribution in [0.25, 0.3) is 0 Å². The number of ether oxygens (including phenoxy) is 6. The summed E-state index contributed by atoms with van der Waals surface area (Å²) in [5.41, 5.74) is 2.55. The van der Waals surface area contributed by atoms with Crippen molar-refractivity contribution in [2.75, 3.05) is 26.4 Å². The zero-order chi connectivity index (χ0) is 61.1. The third-order valence-corrected chi connectivity index (χ3v) is 18.0. The molecule has 0 N–H and O–H groups in total. The number of benzene rings is 4. The number of carbonyl (C=O) groups excluding carboxylic acids is 2. The molecule has 0 bridgehead atoms. The lowest BCUT2D eigenvalue weighted by Gasteiger charge is -2.27. The molecule has 0 fully saturated rings. The first kappa shape index (κ1) is 72.7. The summed E-state index contributed by atoms with van der Waals surface area (Å²) in [5.74, 6) is 1.30. The van der Waals surface area contributed by atoms with Crippen molar-refractivity contribution < 1.29 is 38.0 Å². The Hall–Kier alpha value is -4.02. The Morgan fingerprint density at radius 2 is 0.512 bits per heavy atom. The van der Waals surface area contributed by atoms with Gasteiger partial charge in [-0.15, -0.1) is 0 Å². The Morgan fingerprint density at radius 1 is 0.279 bits per heavy atom. The first-order valence-electron chi connectivity index (χ1n) is 35.1. The monoisotopic (exact) mass is 1310 g/mol. The van der Waals surface area contributed by atoms with Gasteiger partial charge in [0.2, 0.25) is 11.5 Å². The second-order valence-electron chi connectivity index (χ2n) is 24.5. The smallest absolute Gasteiger partial charge is 0.204 e. The van der Waals surface area contributed by atoms with Gasteiger partial charge in [-0.05, 0) is 73.2 Å². The predicted octanol–water partition coefficient (Wildman–Crippen LogP) is 24.3. The van der Waals surface area contributed by atoms with E-state index in [1.54, 1.807) is 12.1 Å². The van der Waals surface area contributed by atoms with Crippen LogP contribution in [0.2, 0.25) is 0 Å². The zero-order valence-electron chi connectivity index (χ0n) is 54.3. The van der Waals surface area contributed by atoms with E-state index in [-0.39, 0.29) is 58.5 Å². The fraction of sp³-hybridized carbons (Fsp3) is 0.658. The highest BCUT2D eigenvalue weighted by Gasteiger charge is 2.41. The van der Waals surface area contributed by atoms with Crippen molar-refractivity contribution in [2.45, 2.75) is 298 Å². The predicted molar refractivity (Wildman–Crippen MR) is 366 cm³/mol. The van der Waals surface area contributed by atoms with Crippen molar-refractivity contribution in [3.63, 3.8) is 0 Å². The van der Waals surface area contributed by atoms with E-state index in [1.165, 1.54) is 180 Å². The van der Waals surface area contributed by atoms with Gasteiger partial charge in [-0.3, -0.25) is 9.59 Å². The number of rotatable bonds is 54. The van der Waals surface area contributed by atoms with E-state index < -0.39 is 0 Å². The molecule has 480 valence electrons. The first-order valence-corrected chi connectivity index (χ1v) is 36.7. The van der Waals surface area contributed by atoms with Crippen molar-refractivity contribution in [2.24, 2.45) is 0 Å². The number of carbonyl (C=O) groups is 2. The molecule has 5 rings (SSSR count). The summed E-state index contributed by atoms with van der Waals surface area (Å²) in [6.07, 6.45) is 48.0. The molecule has 1 aliphatic rings. The average Bonchev–Trinajstić information content (AvgIpc) is 0.846. The van der Waals surface area contributed by atoms with Crippen molar-refractivity contribution in [1.29, 1.82) is 0 Å². The van der Waals surface area contributed by atoms with Crippen LogP contribution in [0.5, 0.6) is 34.5 Å². The molecule has 0 spiro atoms. The van der Waals surface area contributed by atoms with E-state index in [2.05, 4.69) is 59.6 Å². The largest absolute Gasteiger partial charge is 0.490 e. The van der Waals surface area contributed by atoms with Crippen LogP contribution >= 0.6 is 31.9 Å². The van der Waals surface area contributed by atoms with E-state index in [1.807, 2.05) is 48.5 Å². The number of unbranched alkanes of at least 4 members (excludes halogenated alkanes) is 36. The van der Waals surface area contributed by atoms with Gasteiger partial charge in [-0.1, -0.05) is 315 Å². The second kappa shape index (κ2) is 46.1. The summed E-state index contributed by atoms with van der Waals surface area (Å²) >= 11 is 7.20. The maximum atomic E-state index is 15.9. The molecule has 0 saturated heterocycles. The summed E-state index contributed by atoms with van der Waals surface area (Å²) < 4.78 is 42.9. The van der Waals surface area contributed by atoms with Gasteiger partial charge in [-0.2, -0.15) is 0 Å². The van der Waals surface area contributed by atoms with E-state index in [9.17, 15) is 0 Å². The molecule has 8 nitrogen and oxygen atoms in total. The van der Waals surface area contributed by atoms with Crippen LogP contribution in [0.4, 0.5) is 0 Å². The first-order chi connectivity index (χ1) is 42.3. The Balaban J connectivity index is 1.52. The van der Waals surface area contributed by atoms with Gasteiger partial charge < -0.3 is 28.4 Å². The molecule has 4 aromatic rings. The number of halogens is 2. The lowest BCUT2D eigenvalue weighted by molar-refractivity contribution is 0.0967. The SMILES string of the molecule is CCCCCCCCCCCCOc1cc2c(c(OCc3ccc(Br)cc3)c1OCCCCCCCCCCCC)C(=O)c1cc(OCCCCCCCCCCCC)c(OCCCCCCCCCCCC)c(OCc3ccc(Br)cc3)c1C2=O. The average molecular weight is 1320 g/mol. The van der Waals surface area contributed by atoms with Gasteiger partial charge in [0.05, 0.1) is 37.6 Å². The Bertz CT molecular complexity index is 2270. The summed E-state index contributed by atoms with van der Waals surface area (Å²) in [7, 11) is 0. The molecule has 10 heteroatoms. The Kier molecular flexibility index (Phi) is 39.0. The van der Waals surface area contributed by atoms with E-state index in [4.69, 9.17) is 28.4 Å². The maximum Gasteiger partial charge on any atom is 0.204 e. The zero-order valence-corrected chi connectivity index (χ0v) is 57.5. The molecular formula is C76H114Br2O8. The minimum absolute atomic E-state index is 0.144. The van der Waals surface area contributed by atoms with E-state index in [0.717, 1.165) is 97.1 Å². The van der Waals surface area contributed by atoms with Crippen molar-refractivity contribution in [3.05, 3.63) is 103 Å². The van der Waals surface area contributed by atoms with Crippen LogP contribution in [-0.2, 0) is 13.2 Å². The van der Waals surface area contributed by atoms with Crippen LogP contribution < -0.4 is 28.4 Å². The number of fused-ring (bicyclic) bond motifs is 2. The quantitative estimate of drug-likeness (QED) is 0.0356. The third-order valence-electron chi connectivity index (χ3n) is 16.9. The molecule has 0 aliphatic heterocycles. The second-order valence-corrected chi connectivity index (χ2v) is 26.4. The Morgan fingerprint density at radius 3 is 0.767 bits per heavy atom. The van der Waals surface area contributed by atoms with Crippen LogP contribution in [0.3, 0.4) is 0 Å². The molecule has 0 saturated carbocycles. The minimum Gasteiger partial charge on any atom is -0.490 e. The highest BCUT2D eigenvalue weighted by atomic mass is 79.9. The van der Waals surface area contributed by atoms with Crippen molar-refractivity contribution in [1.82, 2.24) is 0 Å². The topological polar surface area (TPSA) is 89.5 Å². The van der Waals surface area contributed by atoms with Gasteiger partial charge >= 0.3 is 0 Å². The van der Waals surface area contributed by atoms with Crippen LogP contribution in [0, 0.1) is 0 Å². The molecule has 0 amide bonds. The number of hydrogen-bond acceptors (Lipinski definition) is 8. The summed E-state index contributed by atoms with van der Waals surface area (Å²) in [6.45, 7) is 11.1. The van der Waals surface area contributed by atoms with Gasteiger partial charge in [0.1, 0.15) is 13.2 Å². The maximum absolute atomic E-state index is 15.9. The number of ketones is 2. The summed E-state index contributed by atoms with van der Waals surface area (Å²) in [6, 6.07) is 19.4. The standard InChI is InChI=1S/C76H114Br2O8/c1-5-9-13-17-21-25-29-33-37-41-53-81-67-57-65-69(75(85-59-61-45-49-63(77)50-46-61)73(67)83-55-43-39-35-31-27-23-19-15-11-7-3)72(80)66-58-68(82-54-42-38-34-30-26-22-18-14-10-6-2)74(84-56-44-40-36-32-28-24-20-16-12-8-4)76(70(66)71(65)79)86-60-62-47-51-64(78)52-48-62/h45-52,57-58H,5-44,53-56,59-60H2,1-4H3. The molecule has 0 radical (unpaired) electrons. The lowest BCUT2D eigenvalue weighted by atomic mass is 9.82. The highest BCUT2D eigenvalue weighted by molar-refractivity contribution is 9.10. The molecule has 0 aromatic heterocycles. The highest BCUT2D eigenvalue weighted by Crippen LogP contribution is 2.51. The fourth-order valence-corrected chi connectivity index (χ4v) is 12.1. The van der Waals surface area contributed by atoms with E-state index in [0.29, 0.717) is 49.4 Å².